The van der Waals surface area contributed by atoms with Crippen molar-refractivity contribution < 1.29 is 62.3 Å². The Balaban J connectivity index is 1.95. The molecule has 0 aliphatic heterocycles. The summed E-state index contributed by atoms with van der Waals surface area (Å²) in [4.78, 5) is 78.3. The first kappa shape index (κ1) is 32.5. The molecule has 15 heteroatoms. The second kappa shape index (κ2) is 14.8. The van der Waals surface area contributed by atoms with Crippen LogP contribution in [0.4, 0.5) is 5.69 Å². The van der Waals surface area contributed by atoms with Gasteiger partial charge in [0, 0.05) is 20.0 Å². The number of carbonyl (C=O) groups is 6. The van der Waals surface area contributed by atoms with Gasteiger partial charge in [-0.3, -0.25) is 19.4 Å². The summed E-state index contributed by atoms with van der Waals surface area (Å²) >= 11 is 0. The van der Waals surface area contributed by atoms with Crippen LogP contribution in [0.25, 0.3) is 0 Å². The zero-order valence-electron chi connectivity index (χ0n) is 23.7. The number of carboxylic acid groups (broad SMARTS) is 1. The van der Waals surface area contributed by atoms with Crippen LogP contribution in [-0.2, 0) is 28.7 Å². The molecule has 0 fully saturated rings. The molecule has 1 aromatic heterocycles. The first-order chi connectivity index (χ1) is 20.9. The molecule has 0 bridgehead atoms. The Morgan fingerprint density at radius 3 is 1.64 bits per heavy atom. The van der Waals surface area contributed by atoms with E-state index in [1.165, 1.54) is 56.9 Å². The molecule has 0 saturated carbocycles. The number of rotatable bonds is 12. The summed E-state index contributed by atoms with van der Waals surface area (Å²) in [5.41, 5.74) is -0.349. The third-order valence-electron chi connectivity index (χ3n) is 5.48. The average Bonchev–Trinajstić information content (AvgIpc) is 2.98. The van der Waals surface area contributed by atoms with Crippen LogP contribution < -0.4 is 24.3 Å². The number of hydrogen-bond donors (Lipinski definition) is 2. The van der Waals surface area contributed by atoms with Crippen molar-refractivity contribution in [1.29, 1.82) is 0 Å². The number of nitrogens with one attached hydrogen (secondary N) is 1. The molecule has 44 heavy (non-hydrogen) atoms. The Kier molecular flexibility index (Phi) is 10.9. The fourth-order valence-electron chi connectivity index (χ4n) is 3.58. The molecule has 0 saturated heterocycles. The summed E-state index contributed by atoms with van der Waals surface area (Å²) in [6, 6.07) is 9.95. The van der Waals surface area contributed by atoms with Crippen molar-refractivity contribution in [3.63, 3.8) is 0 Å². The minimum Gasteiger partial charge on any atom is -0.493 e. The molecule has 230 valence electrons. The summed E-state index contributed by atoms with van der Waals surface area (Å²) in [5.74, 6) is -6.90. The molecule has 2 atom stereocenters. The lowest BCUT2D eigenvalue weighted by Gasteiger charge is -2.23. The Morgan fingerprint density at radius 1 is 0.727 bits per heavy atom. The number of benzene rings is 2. The molecule has 0 unspecified atom stereocenters. The third-order valence-corrected chi connectivity index (χ3v) is 5.48. The predicted octanol–water partition coefficient (Wildman–Crippen LogP) is 2.42. The summed E-state index contributed by atoms with van der Waals surface area (Å²) in [6.07, 6.45) is -1.92. The molecule has 3 aromatic rings. The van der Waals surface area contributed by atoms with Crippen LogP contribution in [0.1, 0.15) is 34.6 Å². The highest BCUT2D eigenvalue weighted by Crippen LogP contribution is 2.30. The zero-order valence-corrected chi connectivity index (χ0v) is 23.7. The molecule has 0 aliphatic carbocycles. The fourth-order valence-corrected chi connectivity index (χ4v) is 3.58. The number of aromatic nitrogens is 1. The standard InChI is InChI=1S/C29H26N2O13/c1-15(32)41-20-9-7-17(12-22(20)39-3)28(37)43-24(26(34)31-19-6-5-11-30-14-19)25(27(35)36)44-29(38)18-8-10-21(42-16(2)33)23(13-18)40-4/h5-14,24-25H,1-4H3,(H,31,34)(H,35,36)/t24-,25+/m1/s1. The molecule has 2 aromatic carbocycles. The van der Waals surface area contributed by atoms with Crippen molar-refractivity contribution in [2.24, 2.45) is 0 Å². The van der Waals surface area contributed by atoms with Gasteiger partial charge in [0.25, 0.3) is 5.91 Å². The third kappa shape index (κ3) is 8.51. The SMILES string of the molecule is COc1cc(C(=O)O[C@H](C(=O)O)[C@@H](OC(=O)c2ccc(OC(C)=O)c(OC)c2)C(=O)Nc2cccnc2)ccc1OC(C)=O. The van der Waals surface area contributed by atoms with Gasteiger partial charge in [0.1, 0.15) is 0 Å². The Hall–Kier alpha value is -5.99. The second-order valence-corrected chi connectivity index (χ2v) is 8.64. The van der Waals surface area contributed by atoms with Crippen LogP contribution in [0.3, 0.4) is 0 Å². The number of aliphatic carboxylic acids is 1. The molecular formula is C29H26N2O13. The van der Waals surface area contributed by atoms with E-state index in [2.05, 4.69) is 10.3 Å². The van der Waals surface area contributed by atoms with E-state index in [4.69, 9.17) is 28.4 Å². The van der Waals surface area contributed by atoms with Gasteiger partial charge in [-0.15, -0.1) is 0 Å². The average molecular weight is 611 g/mol. The molecule has 0 spiro atoms. The quantitative estimate of drug-likeness (QED) is 0.223. The molecule has 2 N–H and O–H groups in total. The molecule has 1 heterocycles. The predicted molar refractivity (Wildman–Crippen MR) is 148 cm³/mol. The van der Waals surface area contributed by atoms with Gasteiger partial charge in [-0.1, -0.05) is 0 Å². The van der Waals surface area contributed by atoms with Crippen LogP contribution in [-0.4, -0.2) is 72.3 Å². The number of nitrogens with zero attached hydrogens (tertiary/aromatic N) is 1. The maximum absolute atomic E-state index is 13.3. The normalized spacial score (nSPS) is 11.6. The summed E-state index contributed by atoms with van der Waals surface area (Å²) in [5, 5.41) is 12.3. The van der Waals surface area contributed by atoms with E-state index >= 15 is 0 Å². The van der Waals surface area contributed by atoms with Gasteiger partial charge in [-0.2, -0.15) is 0 Å². The fraction of sp³-hybridized carbons (Fsp3) is 0.207. The van der Waals surface area contributed by atoms with Gasteiger partial charge >= 0.3 is 29.8 Å². The van der Waals surface area contributed by atoms with Crippen molar-refractivity contribution >= 4 is 41.4 Å². The largest absolute Gasteiger partial charge is 0.493 e. The summed E-state index contributed by atoms with van der Waals surface area (Å²) in [6.45, 7) is 2.31. The van der Waals surface area contributed by atoms with Crippen LogP contribution in [0.15, 0.2) is 60.9 Å². The van der Waals surface area contributed by atoms with Gasteiger partial charge < -0.3 is 38.8 Å². The van der Waals surface area contributed by atoms with Gasteiger partial charge in [-0.05, 0) is 48.5 Å². The highest BCUT2D eigenvalue weighted by molar-refractivity contribution is 6.01. The zero-order chi connectivity index (χ0) is 32.4. The van der Waals surface area contributed by atoms with Crippen molar-refractivity contribution in [2.75, 3.05) is 19.5 Å². The van der Waals surface area contributed by atoms with E-state index in [1.54, 1.807) is 0 Å². The number of esters is 4. The van der Waals surface area contributed by atoms with E-state index in [9.17, 15) is 33.9 Å². The molecule has 0 aliphatic rings. The summed E-state index contributed by atoms with van der Waals surface area (Å²) < 4.78 is 30.7. The van der Waals surface area contributed by atoms with Crippen LogP contribution in [0.2, 0.25) is 0 Å². The number of carboxylic acids is 1. The van der Waals surface area contributed by atoms with E-state index in [0.29, 0.717) is 0 Å². The van der Waals surface area contributed by atoms with E-state index < -0.39 is 48.0 Å². The lowest BCUT2D eigenvalue weighted by Crippen LogP contribution is -2.48. The van der Waals surface area contributed by atoms with E-state index in [1.807, 2.05) is 0 Å². The molecule has 0 radical (unpaired) electrons. The summed E-state index contributed by atoms with van der Waals surface area (Å²) in [7, 11) is 2.48. The Morgan fingerprint density at radius 2 is 1.23 bits per heavy atom. The lowest BCUT2D eigenvalue weighted by molar-refractivity contribution is -0.157. The van der Waals surface area contributed by atoms with Gasteiger partial charge in [0.2, 0.25) is 12.2 Å². The number of pyridine rings is 1. The van der Waals surface area contributed by atoms with E-state index in [-0.39, 0.29) is 39.8 Å². The molecule has 3 rings (SSSR count). The molecular weight excluding hydrogens is 584 g/mol. The Labute approximate surface area is 249 Å². The monoisotopic (exact) mass is 610 g/mol. The minimum absolute atomic E-state index is 0.0186. The smallest absolute Gasteiger partial charge is 0.349 e. The maximum atomic E-state index is 13.3. The Bertz CT molecular complexity index is 1570. The van der Waals surface area contributed by atoms with Gasteiger partial charge in [0.15, 0.2) is 23.0 Å². The highest BCUT2D eigenvalue weighted by atomic mass is 16.6. The number of carbonyl (C=O) groups excluding carboxylic acids is 5. The van der Waals surface area contributed by atoms with E-state index in [0.717, 1.165) is 32.0 Å². The number of anilines is 1. The molecule has 15 nitrogen and oxygen atoms in total. The first-order valence-electron chi connectivity index (χ1n) is 12.5. The van der Waals surface area contributed by atoms with Crippen LogP contribution >= 0.6 is 0 Å². The maximum Gasteiger partial charge on any atom is 0.349 e. The van der Waals surface area contributed by atoms with Gasteiger partial charge in [-0.25, -0.2) is 14.4 Å². The number of hydrogen-bond acceptors (Lipinski definition) is 13. The first-order valence-corrected chi connectivity index (χ1v) is 12.5. The van der Waals surface area contributed by atoms with Crippen LogP contribution in [0, 0.1) is 0 Å². The topological polar surface area (TPSA) is 203 Å². The van der Waals surface area contributed by atoms with Crippen molar-refractivity contribution in [3.8, 4) is 23.0 Å². The van der Waals surface area contributed by atoms with Crippen LogP contribution in [0.5, 0.6) is 23.0 Å². The second-order valence-electron chi connectivity index (χ2n) is 8.64. The number of methoxy groups -OCH3 is 2. The number of amides is 1. The lowest BCUT2D eigenvalue weighted by atomic mass is 10.1. The van der Waals surface area contributed by atoms with Gasteiger partial charge in [0.05, 0.1) is 37.2 Å². The van der Waals surface area contributed by atoms with Crippen molar-refractivity contribution in [1.82, 2.24) is 4.98 Å². The van der Waals surface area contributed by atoms with Crippen molar-refractivity contribution in [3.05, 3.63) is 72.1 Å². The van der Waals surface area contributed by atoms with Crippen molar-refractivity contribution in [2.45, 2.75) is 26.1 Å². The highest BCUT2D eigenvalue weighted by Gasteiger charge is 2.41. The molecule has 1 amide bonds. The number of ether oxygens (including phenoxy) is 6. The minimum atomic E-state index is -2.36.